The Kier molecular flexibility index (Phi) is 3.91. The lowest BCUT2D eigenvalue weighted by Gasteiger charge is -2.17. The molecule has 0 radical (unpaired) electrons. The van der Waals surface area contributed by atoms with E-state index < -0.39 is 11.6 Å². The molecule has 0 saturated heterocycles. The quantitative estimate of drug-likeness (QED) is 0.869. The van der Waals surface area contributed by atoms with Crippen LogP contribution in [-0.4, -0.2) is 12.5 Å². The zero-order chi connectivity index (χ0) is 13.1. The van der Waals surface area contributed by atoms with Gasteiger partial charge in [-0.05, 0) is 37.4 Å². The third kappa shape index (κ3) is 2.67. The van der Waals surface area contributed by atoms with Crippen molar-refractivity contribution in [3.05, 3.63) is 29.8 Å². The van der Waals surface area contributed by atoms with Crippen LogP contribution in [0.2, 0.25) is 0 Å². The summed E-state index contributed by atoms with van der Waals surface area (Å²) in [7, 11) is 0. The number of carbonyl (C=O) groups excluding carboxylic acids is 1. The van der Waals surface area contributed by atoms with Crippen LogP contribution in [0.15, 0.2) is 18.2 Å². The summed E-state index contributed by atoms with van der Waals surface area (Å²) in [4.78, 5) is 12.0. The van der Waals surface area contributed by atoms with E-state index in [4.69, 9.17) is 5.73 Å². The van der Waals surface area contributed by atoms with E-state index in [0.29, 0.717) is 6.54 Å². The molecular weight excluding hydrogens is 238 g/mol. The van der Waals surface area contributed by atoms with Gasteiger partial charge in [-0.25, -0.2) is 8.78 Å². The maximum Gasteiger partial charge on any atom is 0.227 e. The minimum Gasteiger partial charge on any atom is -0.330 e. The van der Waals surface area contributed by atoms with Gasteiger partial charge in [0.05, 0.1) is 0 Å². The predicted octanol–water partition coefficient (Wildman–Crippen LogP) is 2.28. The van der Waals surface area contributed by atoms with E-state index in [1.807, 2.05) is 0 Å². The smallest absolute Gasteiger partial charge is 0.227 e. The molecule has 0 aromatic heterocycles. The number of benzene rings is 1. The van der Waals surface area contributed by atoms with Crippen LogP contribution in [-0.2, 0) is 4.79 Å². The molecule has 2 rings (SSSR count). The van der Waals surface area contributed by atoms with Gasteiger partial charge in [0, 0.05) is 17.7 Å². The van der Waals surface area contributed by atoms with Crippen molar-refractivity contribution in [2.75, 3.05) is 11.9 Å². The molecule has 0 bridgehead atoms. The van der Waals surface area contributed by atoms with Gasteiger partial charge in [-0.3, -0.25) is 4.79 Å². The first-order chi connectivity index (χ1) is 8.61. The Bertz CT molecular complexity index is 451. The van der Waals surface area contributed by atoms with Gasteiger partial charge in [-0.1, -0.05) is 6.42 Å². The molecule has 1 amide bonds. The van der Waals surface area contributed by atoms with Crippen molar-refractivity contribution >= 4 is 11.6 Å². The van der Waals surface area contributed by atoms with Gasteiger partial charge in [0.25, 0.3) is 0 Å². The number of anilines is 1. The second-order valence-corrected chi connectivity index (χ2v) is 4.65. The molecule has 2 atom stereocenters. The summed E-state index contributed by atoms with van der Waals surface area (Å²) in [5.74, 6) is -1.98. The number of nitrogens with one attached hydrogen (secondary N) is 1. The van der Waals surface area contributed by atoms with Gasteiger partial charge in [0.1, 0.15) is 0 Å². The summed E-state index contributed by atoms with van der Waals surface area (Å²) in [5, 5.41) is 2.62. The maximum atomic E-state index is 13.0. The maximum absolute atomic E-state index is 13.0. The molecule has 0 spiro atoms. The standard InChI is InChI=1S/C13H16F2N2O/c14-11-5-4-9(6-12(11)15)17-13(18)10-3-1-2-8(10)7-16/h4-6,8,10H,1-3,7,16H2,(H,17,18). The first-order valence-electron chi connectivity index (χ1n) is 6.08. The lowest BCUT2D eigenvalue weighted by atomic mass is 9.95. The molecule has 5 heteroatoms. The number of hydrogen-bond donors (Lipinski definition) is 2. The third-order valence-corrected chi connectivity index (χ3v) is 3.49. The average Bonchev–Trinajstić information content (AvgIpc) is 2.82. The average molecular weight is 254 g/mol. The molecule has 2 unspecified atom stereocenters. The van der Waals surface area contributed by atoms with Crippen LogP contribution in [0, 0.1) is 23.5 Å². The van der Waals surface area contributed by atoms with Crippen molar-refractivity contribution in [1.82, 2.24) is 0 Å². The summed E-state index contributed by atoms with van der Waals surface area (Å²) in [5.41, 5.74) is 5.89. The van der Waals surface area contributed by atoms with Crippen molar-refractivity contribution in [3.8, 4) is 0 Å². The molecule has 1 aromatic rings. The van der Waals surface area contributed by atoms with Crippen LogP contribution in [0.3, 0.4) is 0 Å². The lowest BCUT2D eigenvalue weighted by Crippen LogP contribution is -2.29. The van der Waals surface area contributed by atoms with Crippen LogP contribution in [0.25, 0.3) is 0 Å². The number of halogens is 2. The van der Waals surface area contributed by atoms with E-state index in [0.717, 1.165) is 31.4 Å². The van der Waals surface area contributed by atoms with Crippen molar-refractivity contribution in [2.45, 2.75) is 19.3 Å². The molecule has 1 saturated carbocycles. The summed E-state index contributed by atoms with van der Waals surface area (Å²) < 4.78 is 25.8. The van der Waals surface area contributed by atoms with Gasteiger partial charge in [0.15, 0.2) is 11.6 Å². The monoisotopic (exact) mass is 254 g/mol. The number of carbonyl (C=O) groups is 1. The Morgan fingerprint density at radius 3 is 2.78 bits per heavy atom. The highest BCUT2D eigenvalue weighted by Crippen LogP contribution is 2.31. The highest BCUT2D eigenvalue weighted by atomic mass is 19.2. The first-order valence-corrected chi connectivity index (χ1v) is 6.08. The van der Waals surface area contributed by atoms with Gasteiger partial charge >= 0.3 is 0 Å². The Morgan fingerprint density at radius 2 is 2.11 bits per heavy atom. The Labute approximate surface area is 104 Å². The number of nitrogens with two attached hydrogens (primary N) is 1. The first kappa shape index (κ1) is 13.0. The number of amides is 1. The Balaban J connectivity index is 2.04. The van der Waals surface area contributed by atoms with Crippen LogP contribution in [0.4, 0.5) is 14.5 Å². The highest BCUT2D eigenvalue weighted by molar-refractivity contribution is 5.92. The fraction of sp³-hybridized carbons (Fsp3) is 0.462. The van der Waals surface area contributed by atoms with Crippen LogP contribution >= 0.6 is 0 Å². The molecule has 1 aliphatic rings. The van der Waals surface area contributed by atoms with Crippen LogP contribution in [0.1, 0.15) is 19.3 Å². The largest absolute Gasteiger partial charge is 0.330 e. The summed E-state index contributed by atoms with van der Waals surface area (Å²) in [6.45, 7) is 0.482. The normalized spacial score (nSPS) is 23.1. The highest BCUT2D eigenvalue weighted by Gasteiger charge is 2.31. The minimum atomic E-state index is -0.963. The summed E-state index contributed by atoms with van der Waals surface area (Å²) in [6.07, 6.45) is 2.74. The number of rotatable bonds is 3. The third-order valence-electron chi connectivity index (χ3n) is 3.49. The lowest BCUT2D eigenvalue weighted by molar-refractivity contribution is -0.120. The molecular formula is C13H16F2N2O. The SMILES string of the molecule is NCC1CCCC1C(=O)Nc1ccc(F)c(F)c1. The Morgan fingerprint density at radius 1 is 1.33 bits per heavy atom. The van der Waals surface area contributed by atoms with E-state index in [-0.39, 0.29) is 23.4 Å². The van der Waals surface area contributed by atoms with Crippen LogP contribution in [0.5, 0.6) is 0 Å². The van der Waals surface area contributed by atoms with Crippen molar-refractivity contribution < 1.29 is 13.6 Å². The van der Waals surface area contributed by atoms with Crippen molar-refractivity contribution in [3.63, 3.8) is 0 Å². The van der Waals surface area contributed by atoms with E-state index in [1.165, 1.54) is 6.07 Å². The van der Waals surface area contributed by atoms with Gasteiger partial charge in [-0.15, -0.1) is 0 Å². The van der Waals surface area contributed by atoms with E-state index in [2.05, 4.69) is 5.32 Å². The van der Waals surface area contributed by atoms with E-state index in [9.17, 15) is 13.6 Å². The Hall–Kier alpha value is -1.49. The second kappa shape index (κ2) is 5.44. The molecule has 3 nitrogen and oxygen atoms in total. The van der Waals surface area contributed by atoms with E-state index >= 15 is 0 Å². The fourth-order valence-electron chi connectivity index (χ4n) is 2.47. The predicted molar refractivity (Wildman–Crippen MR) is 64.9 cm³/mol. The van der Waals surface area contributed by atoms with Crippen molar-refractivity contribution in [2.24, 2.45) is 17.6 Å². The topological polar surface area (TPSA) is 55.1 Å². The molecule has 1 fully saturated rings. The molecule has 1 aliphatic carbocycles. The van der Waals surface area contributed by atoms with Crippen molar-refractivity contribution in [1.29, 1.82) is 0 Å². The zero-order valence-corrected chi connectivity index (χ0v) is 9.96. The molecule has 3 N–H and O–H groups in total. The molecule has 98 valence electrons. The second-order valence-electron chi connectivity index (χ2n) is 4.65. The zero-order valence-electron chi connectivity index (χ0n) is 9.96. The summed E-state index contributed by atoms with van der Waals surface area (Å²) in [6, 6.07) is 3.34. The van der Waals surface area contributed by atoms with Gasteiger partial charge in [0.2, 0.25) is 5.91 Å². The fourth-order valence-corrected chi connectivity index (χ4v) is 2.47. The molecule has 0 heterocycles. The van der Waals surface area contributed by atoms with Gasteiger partial charge in [-0.2, -0.15) is 0 Å². The van der Waals surface area contributed by atoms with Crippen LogP contribution < -0.4 is 11.1 Å². The summed E-state index contributed by atoms with van der Waals surface area (Å²) >= 11 is 0. The molecule has 18 heavy (non-hydrogen) atoms. The molecule has 0 aliphatic heterocycles. The minimum absolute atomic E-state index is 0.122. The number of hydrogen-bond acceptors (Lipinski definition) is 2. The van der Waals surface area contributed by atoms with E-state index in [1.54, 1.807) is 0 Å². The molecule has 1 aromatic carbocycles. The van der Waals surface area contributed by atoms with Gasteiger partial charge < -0.3 is 11.1 Å².